The second-order valence-corrected chi connectivity index (χ2v) is 4.55. The van der Waals surface area contributed by atoms with Crippen molar-refractivity contribution < 1.29 is 4.79 Å². The van der Waals surface area contributed by atoms with Crippen molar-refractivity contribution in [1.82, 2.24) is 35.9 Å². The zero-order valence-electron chi connectivity index (χ0n) is 10.8. The molecule has 2 heterocycles. The number of hydrogen-bond donors (Lipinski definition) is 2. The maximum Gasteiger partial charge on any atom is 0.256 e. The Morgan fingerprint density at radius 1 is 1.37 bits per heavy atom. The summed E-state index contributed by atoms with van der Waals surface area (Å²) in [5, 5.41) is 16.7. The summed E-state index contributed by atoms with van der Waals surface area (Å²) in [6.45, 7) is 3.79. The van der Waals surface area contributed by atoms with Gasteiger partial charge >= 0.3 is 0 Å². The first-order chi connectivity index (χ1) is 9.11. The molecule has 0 fully saturated rings. The Kier molecular flexibility index (Phi) is 4.05. The largest absolute Gasteiger partial charge is 0.344 e. The molecule has 1 amide bonds. The molecule has 0 aliphatic heterocycles. The molecule has 2 aromatic heterocycles. The van der Waals surface area contributed by atoms with Gasteiger partial charge in [-0.1, -0.05) is 5.21 Å². The predicted molar refractivity (Wildman–Crippen MR) is 68.6 cm³/mol. The standard InChI is InChI=1S/C10H13N7OS/c1-5-8(10(19-3)13-6(2)12-5)9(18)11-4-7-14-16-17-15-7/h4H2,1-3H3,(H,11,18)(H,14,15,16,17). The first-order valence-electron chi connectivity index (χ1n) is 5.51. The second-order valence-electron chi connectivity index (χ2n) is 3.75. The fourth-order valence-corrected chi connectivity index (χ4v) is 2.26. The third kappa shape index (κ3) is 3.05. The van der Waals surface area contributed by atoms with Gasteiger partial charge in [0, 0.05) is 0 Å². The summed E-state index contributed by atoms with van der Waals surface area (Å²) in [7, 11) is 0. The number of amides is 1. The Labute approximate surface area is 113 Å². The molecule has 19 heavy (non-hydrogen) atoms. The molecule has 0 aliphatic rings. The second kappa shape index (κ2) is 5.74. The smallest absolute Gasteiger partial charge is 0.256 e. The van der Waals surface area contributed by atoms with E-state index < -0.39 is 0 Å². The lowest BCUT2D eigenvalue weighted by molar-refractivity contribution is 0.0945. The number of thioether (sulfide) groups is 1. The number of carbonyl (C=O) groups is 1. The van der Waals surface area contributed by atoms with Crippen molar-refractivity contribution in [2.24, 2.45) is 0 Å². The van der Waals surface area contributed by atoms with Crippen molar-refractivity contribution in [3.63, 3.8) is 0 Å². The molecule has 8 nitrogen and oxygen atoms in total. The van der Waals surface area contributed by atoms with Crippen LogP contribution in [-0.4, -0.2) is 42.8 Å². The van der Waals surface area contributed by atoms with Crippen LogP contribution in [-0.2, 0) is 6.54 Å². The Morgan fingerprint density at radius 2 is 2.16 bits per heavy atom. The predicted octanol–water partition coefficient (Wildman–Crippen LogP) is 0.258. The molecule has 0 spiro atoms. The summed E-state index contributed by atoms with van der Waals surface area (Å²) in [6, 6.07) is 0. The van der Waals surface area contributed by atoms with E-state index in [0.29, 0.717) is 27.9 Å². The SMILES string of the molecule is CSc1nc(C)nc(C)c1C(=O)NCc1nn[nH]n1. The number of nitrogens with one attached hydrogen (secondary N) is 2. The third-order valence-corrected chi connectivity index (χ3v) is 3.07. The number of tetrazole rings is 1. The minimum absolute atomic E-state index is 0.205. The van der Waals surface area contributed by atoms with E-state index in [0.717, 1.165) is 0 Å². The monoisotopic (exact) mass is 279 g/mol. The van der Waals surface area contributed by atoms with Crippen LogP contribution in [0.15, 0.2) is 5.03 Å². The molecule has 0 aromatic carbocycles. The van der Waals surface area contributed by atoms with E-state index in [1.54, 1.807) is 13.8 Å². The lowest BCUT2D eigenvalue weighted by atomic mass is 10.2. The van der Waals surface area contributed by atoms with Gasteiger partial charge in [0.1, 0.15) is 10.9 Å². The molecular weight excluding hydrogens is 266 g/mol. The van der Waals surface area contributed by atoms with E-state index in [1.807, 2.05) is 6.26 Å². The number of nitrogens with zero attached hydrogens (tertiary/aromatic N) is 5. The van der Waals surface area contributed by atoms with E-state index in [1.165, 1.54) is 11.8 Å². The number of hydrogen-bond acceptors (Lipinski definition) is 7. The fourth-order valence-electron chi connectivity index (χ4n) is 1.60. The average Bonchev–Trinajstić information content (AvgIpc) is 2.88. The average molecular weight is 279 g/mol. The number of H-pyrrole nitrogens is 1. The van der Waals surface area contributed by atoms with E-state index in [4.69, 9.17) is 0 Å². The van der Waals surface area contributed by atoms with Crippen LogP contribution in [0.2, 0.25) is 0 Å². The molecule has 0 saturated carbocycles. The molecule has 0 bridgehead atoms. The highest BCUT2D eigenvalue weighted by Gasteiger charge is 2.17. The van der Waals surface area contributed by atoms with Gasteiger partial charge in [0.05, 0.1) is 17.8 Å². The maximum atomic E-state index is 12.2. The van der Waals surface area contributed by atoms with Gasteiger partial charge < -0.3 is 5.32 Å². The van der Waals surface area contributed by atoms with Gasteiger partial charge in [-0.25, -0.2) is 9.97 Å². The summed E-state index contributed by atoms with van der Waals surface area (Å²) >= 11 is 1.41. The summed E-state index contributed by atoms with van der Waals surface area (Å²) in [4.78, 5) is 20.6. The third-order valence-electron chi connectivity index (χ3n) is 2.39. The minimum Gasteiger partial charge on any atom is -0.344 e. The summed E-state index contributed by atoms with van der Waals surface area (Å²) < 4.78 is 0. The summed E-state index contributed by atoms with van der Waals surface area (Å²) in [6.07, 6.45) is 1.87. The van der Waals surface area contributed by atoms with Crippen molar-refractivity contribution in [3.05, 3.63) is 22.9 Å². The Hall–Kier alpha value is -2.03. The number of aromatic amines is 1. The Morgan fingerprint density at radius 3 is 2.79 bits per heavy atom. The number of rotatable bonds is 4. The molecule has 2 N–H and O–H groups in total. The zero-order chi connectivity index (χ0) is 13.8. The van der Waals surface area contributed by atoms with Crippen molar-refractivity contribution in [2.45, 2.75) is 25.4 Å². The topological polar surface area (TPSA) is 109 Å². The summed E-state index contributed by atoms with van der Waals surface area (Å²) in [5.74, 6) is 0.827. The van der Waals surface area contributed by atoms with Crippen LogP contribution in [0.3, 0.4) is 0 Å². The highest BCUT2D eigenvalue weighted by Crippen LogP contribution is 2.20. The van der Waals surface area contributed by atoms with Gasteiger partial charge in [0.25, 0.3) is 5.91 Å². The van der Waals surface area contributed by atoms with Crippen LogP contribution in [0.1, 0.15) is 27.7 Å². The zero-order valence-corrected chi connectivity index (χ0v) is 11.6. The lowest BCUT2D eigenvalue weighted by Gasteiger charge is -2.10. The first-order valence-corrected chi connectivity index (χ1v) is 6.74. The van der Waals surface area contributed by atoms with Crippen LogP contribution in [0, 0.1) is 13.8 Å². The van der Waals surface area contributed by atoms with Gasteiger partial charge in [0.2, 0.25) is 0 Å². The summed E-state index contributed by atoms with van der Waals surface area (Å²) in [5.41, 5.74) is 1.14. The molecule has 2 rings (SSSR count). The van der Waals surface area contributed by atoms with Gasteiger partial charge in [-0.15, -0.1) is 22.0 Å². The van der Waals surface area contributed by atoms with E-state index in [2.05, 4.69) is 35.9 Å². The molecule has 0 aliphatic carbocycles. The highest BCUT2D eigenvalue weighted by atomic mass is 32.2. The molecule has 0 unspecified atom stereocenters. The van der Waals surface area contributed by atoms with Crippen LogP contribution < -0.4 is 5.32 Å². The molecule has 0 radical (unpaired) electrons. The van der Waals surface area contributed by atoms with Crippen LogP contribution in [0.25, 0.3) is 0 Å². The lowest BCUT2D eigenvalue weighted by Crippen LogP contribution is -2.26. The normalized spacial score (nSPS) is 10.5. The van der Waals surface area contributed by atoms with E-state index >= 15 is 0 Å². The highest BCUT2D eigenvalue weighted by molar-refractivity contribution is 7.98. The Balaban J connectivity index is 2.18. The molecule has 0 saturated heterocycles. The van der Waals surface area contributed by atoms with Crippen molar-refractivity contribution in [2.75, 3.05) is 6.26 Å². The number of aromatic nitrogens is 6. The van der Waals surface area contributed by atoms with Crippen LogP contribution >= 0.6 is 11.8 Å². The maximum absolute atomic E-state index is 12.2. The van der Waals surface area contributed by atoms with Crippen molar-refractivity contribution in [1.29, 1.82) is 0 Å². The molecule has 2 aromatic rings. The van der Waals surface area contributed by atoms with Gasteiger partial charge in [0.15, 0.2) is 5.82 Å². The van der Waals surface area contributed by atoms with Crippen molar-refractivity contribution in [3.8, 4) is 0 Å². The van der Waals surface area contributed by atoms with Crippen molar-refractivity contribution >= 4 is 17.7 Å². The minimum atomic E-state index is -0.244. The molecule has 9 heteroatoms. The quantitative estimate of drug-likeness (QED) is 0.610. The van der Waals surface area contributed by atoms with Gasteiger partial charge in [-0.2, -0.15) is 5.21 Å². The molecular formula is C10H13N7OS. The van der Waals surface area contributed by atoms with Gasteiger partial charge in [-0.05, 0) is 20.1 Å². The van der Waals surface area contributed by atoms with E-state index in [-0.39, 0.29) is 12.5 Å². The van der Waals surface area contributed by atoms with E-state index in [9.17, 15) is 4.79 Å². The Bertz CT molecular complexity index is 584. The first kappa shape index (κ1) is 13.4. The number of aryl methyl sites for hydroxylation is 2. The fraction of sp³-hybridized carbons (Fsp3) is 0.400. The number of carbonyl (C=O) groups excluding carboxylic acids is 1. The van der Waals surface area contributed by atoms with Gasteiger partial charge in [-0.3, -0.25) is 4.79 Å². The van der Waals surface area contributed by atoms with Crippen LogP contribution in [0.5, 0.6) is 0 Å². The molecule has 0 atom stereocenters. The van der Waals surface area contributed by atoms with Crippen LogP contribution in [0.4, 0.5) is 0 Å². The molecule has 100 valence electrons.